The first-order chi connectivity index (χ1) is 10.6. The SMILES string of the molecule is Cn1cc(S(=O)(=O)N2CCCN(C(=O)NC(C)(C)C)CC2)cn1. The average Bonchev–Trinajstić information content (AvgIpc) is 2.72. The summed E-state index contributed by atoms with van der Waals surface area (Å²) in [4.78, 5) is 14.1. The highest BCUT2D eigenvalue weighted by atomic mass is 32.2. The molecule has 2 rings (SSSR count). The van der Waals surface area contributed by atoms with E-state index in [1.165, 1.54) is 21.4 Å². The zero-order valence-electron chi connectivity index (χ0n) is 14.1. The smallest absolute Gasteiger partial charge is 0.317 e. The third-order valence-electron chi connectivity index (χ3n) is 3.54. The zero-order chi connectivity index (χ0) is 17.3. The van der Waals surface area contributed by atoms with E-state index in [9.17, 15) is 13.2 Å². The molecule has 2 heterocycles. The van der Waals surface area contributed by atoms with Crippen molar-refractivity contribution in [2.75, 3.05) is 26.2 Å². The summed E-state index contributed by atoms with van der Waals surface area (Å²) >= 11 is 0. The molecule has 0 atom stereocenters. The summed E-state index contributed by atoms with van der Waals surface area (Å²) in [5, 5.41) is 6.83. The molecule has 8 nitrogen and oxygen atoms in total. The molecule has 1 aromatic rings. The highest BCUT2D eigenvalue weighted by molar-refractivity contribution is 7.89. The summed E-state index contributed by atoms with van der Waals surface area (Å²) in [7, 11) is -1.88. The van der Waals surface area contributed by atoms with Gasteiger partial charge < -0.3 is 10.2 Å². The fourth-order valence-corrected chi connectivity index (χ4v) is 3.87. The molecule has 1 fully saturated rings. The number of hydrogen-bond donors (Lipinski definition) is 1. The molecule has 23 heavy (non-hydrogen) atoms. The summed E-state index contributed by atoms with van der Waals surface area (Å²) < 4.78 is 28.1. The molecule has 0 spiro atoms. The highest BCUT2D eigenvalue weighted by Crippen LogP contribution is 2.17. The Morgan fingerprint density at radius 1 is 1.22 bits per heavy atom. The number of nitrogens with zero attached hydrogens (tertiary/aromatic N) is 4. The third-order valence-corrected chi connectivity index (χ3v) is 5.39. The van der Waals surface area contributed by atoms with Gasteiger partial charge in [0.25, 0.3) is 0 Å². The van der Waals surface area contributed by atoms with Crippen molar-refractivity contribution in [3.8, 4) is 0 Å². The Balaban J connectivity index is 2.05. The van der Waals surface area contributed by atoms with E-state index in [0.29, 0.717) is 26.1 Å². The second-order valence-electron chi connectivity index (χ2n) is 6.77. The number of aromatic nitrogens is 2. The van der Waals surface area contributed by atoms with E-state index in [0.717, 1.165) is 0 Å². The summed E-state index contributed by atoms with van der Waals surface area (Å²) in [6.45, 7) is 7.36. The van der Waals surface area contributed by atoms with E-state index in [2.05, 4.69) is 10.4 Å². The first-order valence-electron chi connectivity index (χ1n) is 7.65. The molecule has 2 amide bonds. The van der Waals surface area contributed by atoms with Crippen molar-refractivity contribution in [3.05, 3.63) is 12.4 Å². The molecular formula is C14H25N5O3S. The normalized spacial score (nSPS) is 17.8. The molecule has 0 unspecified atom stereocenters. The van der Waals surface area contributed by atoms with Crippen LogP contribution in [0.15, 0.2) is 17.3 Å². The Kier molecular flexibility index (Phi) is 5.00. The van der Waals surface area contributed by atoms with Crippen LogP contribution in [-0.4, -0.2) is 65.2 Å². The van der Waals surface area contributed by atoms with Crippen molar-refractivity contribution in [1.29, 1.82) is 0 Å². The highest BCUT2D eigenvalue weighted by Gasteiger charge is 2.29. The van der Waals surface area contributed by atoms with Crippen molar-refractivity contribution in [3.63, 3.8) is 0 Å². The lowest BCUT2D eigenvalue weighted by Crippen LogP contribution is -2.49. The minimum absolute atomic E-state index is 0.155. The van der Waals surface area contributed by atoms with Crippen molar-refractivity contribution in [2.45, 2.75) is 37.6 Å². The number of rotatable bonds is 2. The lowest BCUT2D eigenvalue weighted by atomic mass is 10.1. The molecule has 0 radical (unpaired) electrons. The zero-order valence-corrected chi connectivity index (χ0v) is 14.9. The number of sulfonamides is 1. The van der Waals surface area contributed by atoms with Gasteiger partial charge in [0.2, 0.25) is 10.0 Å². The summed E-state index contributed by atoms with van der Waals surface area (Å²) in [5.41, 5.74) is -0.315. The Morgan fingerprint density at radius 2 is 1.91 bits per heavy atom. The van der Waals surface area contributed by atoms with Gasteiger partial charge in [-0.1, -0.05) is 0 Å². The molecule has 9 heteroatoms. The van der Waals surface area contributed by atoms with E-state index < -0.39 is 10.0 Å². The lowest BCUT2D eigenvalue weighted by molar-refractivity contribution is 0.191. The van der Waals surface area contributed by atoms with Crippen molar-refractivity contribution >= 4 is 16.1 Å². The third kappa shape index (κ3) is 4.44. The molecule has 1 N–H and O–H groups in total. The maximum atomic E-state index is 12.6. The first kappa shape index (κ1) is 17.7. The van der Waals surface area contributed by atoms with Gasteiger partial charge in [0.1, 0.15) is 4.90 Å². The number of nitrogens with one attached hydrogen (secondary N) is 1. The van der Waals surface area contributed by atoms with Crippen LogP contribution in [0.1, 0.15) is 27.2 Å². The van der Waals surface area contributed by atoms with Gasteiger partial charge >= 0.3 is 6.03 Å². The molecule has 1 saturated heterocycles. The van der Waals surface area contributed by atoms with Crippen LogP contribution in [-0.2, 0) is 17.1 Å². The van der Waals surface area contributed by atoms with Crippen molar-refractivity contribution < 1.29 is 13.2 Å². The second-order valence-corrected chi connectivity index (χ2v) is 8.71. The Hall–Kier alpha value is -1.61. The van der Waals surface area contributed by atoms with Crippen LogP contribution in [0.5, 0.6) is 0 Å². The fraction of sp³-hybridized carbons (Fsp3) is 0.714. The van der Waals surface area contributed by atoms with E-state index >= 15 is 0 Å². The Labute approximate surface area is 137 Å². The van der Waals surface area contributed by atoms with Gasteiger partial charge in [0.15, 0.2) is 0 Å². The number of aryl methyl sites for hydroxylation is 1. The number of urea groups is 1. The molecule has 0 saturated carbocycles. The number of hydrogen-bond acceptors (Lipinski definition) is 4. The predicted octanol–water partition coefficient (Wildman–Crippen LogP) is 0.625. The van der Waals surface area contributed by atoms with Crippen LogP contribution < -0.4 is 5.32 Å². The summed E-state index contributed by atoms with van der Waals surface area (Å²) in [6, 6.07) is -0.155. The van der Waals surface area contributed by atoms with Gasteiger partial charge in [-0.3, -0.25) is 4.68 Å². The summed E-state index contributed by atoms with van der Waals surface area (Å²) in [5.74, 6) is 0. The Bertz CT molecular complexity index is 662. The van der Waals surface area contributed by atoms with E-state index in [-0.39, 0.29) is 23.0 Å². The largest absolute Gasteiger partial charge is 0.333 e. The molecule has 1 aliphatic rings. The number of carbonyl (C=O) groups is 1. The Morgan fingerprint density at radius 3 is 2.48 bits per heavy atom. The number of amides is 2. The van der Waals surface area contributed by atoms with E-state index in [4.69, 9.17) is 0 Å². The quantitative estimate of drug-likeness (QED) is 0.853. The molecule has 1 aromatic heterocycles. The molecule has 0 aromatic carbocycles. The van der Waals surface area contributed by atoms with Crippen LogP contribution in [0, 0.1) is 0 Å². The molecular weight excluding hydrogens is 318 g/mol. The average molecular weight is 343 g/mol. The van der Waals surface area contributed by atoms with Crippen molar-refractivity contribution in [2.24, 2.45) is 7.05 Å². The maximum absolute atomic E-state index is 12.6. The van der Waals surface area contributed by atoms with Gasteiger partial charge in [-0.2, -0.15) is 9.40 Å². The van der Waals surface area contributed by atoms with Crippen molar-refractivity contribution in [1.82, 2.24) is 24.3 Å². The molecule has 0 bridgehead atoms. The minimum atomic E-state index is -3.56. The second kappa shape index (κ2) is 6.48. The number of carbonyl (C=O) groups excluding carboxylic acids is 1. The van der Waals surface area contributed by atoms with Gasteiger partial charge in [-0.25, -0.2) is 13.2 Å². The fourth-order valence-electron chi connectivity index (χ4n) is 2.42. The molecule has 0 aliphatic carbocycles. The minimum Gasteiger partial charge on any atom is -0.333 e. The van der Waals surface area contributed by atoms with E-state index in [1.54, 1.807) is 11.9 Å². The first-order valence-corrected chi connectivity index (χ1v) is 9.09. The van der Waals surface area contributed by atoms with Crippen LogP contribution in [0.3, 0.4) is 0 Å². The monoisotopic (exact) mass is 343 g/mol. The van der Waals surface area contributed by atoms with Gasteiger partial charge in [-0.15, -0.1) is 0 Å². The van der Waals surface area contributed by atoms with Gasteiger partial charge in [0, 0.05) is 45.0 Å². The van der Waals surface area contributed by atoms with Crippen LogP contribution in [0.4, 0.5) is 4.79 Å². The maximum Gasteiger partial charge on any atom is 0.317 e. The molecule has 130 valence electrons. The standard InChI is InChI=1S/C14H25N5O3S/c1-14(2,3)16-13(20)18-6-5-7-19(9-8-18)23(21,22)12-10-15-17(4)11-12/h10-11H,5-9H2,1-4H3,(H,16,20). The van der Waals surface area contributed by atoms with Crippen LogP contribution >= 0.6 is 0 Å². The molecule has 1 aliphatic heterocycles. The van der Waals surface area contributed by atoms with Gasteiger partial charge in [0.05, 0.1) is 6.20 Å². The van der Waals surface area contributed by atoms with Gasteiger partial charge in [-0.05, 0) is 27.2 Å². The predicted molar refractivity (Wildman–Crippen MR) is 86.4 cm³/mol. The summed E-state index contributed by atoms with van der Waals surface area (Å²) in [6.07, 6.45) is 3.45. The van der Waals surface area contributed by atoms with Crippen LogP contribution in [0.2, 0.25) is 0 Å². The lowest BCUT2D eigenvalue weighted by Gasteiger charge is -2.27. The topological polar surface area (TPSA) is 87.5 Å². The van der Waals surface area contributed by atoms with E-state index in [1.807, 2.05) is 20.8 Å². The van der Waals surface area contributed by atoms with Crippen LogP contribution in [0.25, 0.3) is 0 Å².